The number of hydrogen-bond donors (Lipinski definition) is 1. The molecule has 118 valence electrons. The molecular weight excluding hydrogens is 288 g/mol. The minimum Gasteiger partial charge on any atom is -0.378 e. The third-order valence-electron chi connectivity index (χ3n) is 3.74. The second-order valence-electron chi connectivity index (χ2n) is 5.84. The SMILES string of the molecule is Cc1ccc2nc(C(=O)NCc3ccc(N(C)C)cc3)cn2c1. The molecule has 1 N–H and O–H groups in total. The first-order valence-corrected chi connectivity index (χ1v) is 7.53. The van der Waals surface area contributed by atoms with Crippen molar-refractivity contribution in [1.82, 2.24) is 14.7 Å². The molecule has 0 bridgehead atoms. The van der Waals surface area contributed by atoms with E-state index in [4.69, 9.17) is 0 Å². The van der Waals surface area contributed by atoms with E-state index in [0.29, 0.717) is 12.2 Å². The van der Waals surface area contributed by atoms with Crippen LogP contribution >= 0.6 is 0 Å². The molecule has 0 saturated carbocycles. The topological polar surface area (TPSA) is 49.6 Å². The molecule has 3 aromatic rings. The van der Waals surface area contributed by atoms with Gasteiger partial charge in [-0.3, -0.25) is 4.79 Å². The average molecular weight is 308 g/mol. The second-order valence-corrected chi connectivity index (χ2v) is 5.84. The summed E-state index contributed by atoms with van der Waals surface area (Å²) in [5.41, 5.74) is 4.53. The number of nitrogens with zero attached hydrogens (tertiary/aromatic N) is 3. The Morgan fingerprint density at radius 2 is 1.87 bits per heavy atom. The summed E-state index contributed by atoms with van der Waals surface area (Å²) in [6.07, 6.45) is 3.71. The van der Waals surface area contributed by atoms with Crippen LogP contribution < -0.4 is 10.2 Å². The summed E-state index contributed by atoms with van der Waals surface area (Å²) >= 11 is 0. The Hall–Kier alpha value is -2.82. The monoisotopic (exact) mass is 308 g/mol. The first-order chi connectivity index (χ1) is 11.0. The predicted octanol–water partition coefficient (Wildman–Crippen LogP) is 2.64. The van der Waals surface area contributed by atoms with Gasteiger partial charge in [0.25, 0.3) is 5.91 Å². The molecule has 0 saturated heterocycles. The minimum atomic E-state index is -0.164. The molecule has 23 heavy (non-hydrogen) atoms. The van der Waals surface area contributed by atoms with E-state index in [0.717, 1.165) is 22.5 Å². The molecule has 5 nitrogen and oxygen atoms in total. The molecule has 0 atom stereocenters. The molecule has 2 aromatic heterocycles. The zero-order valence-electron chi connectivity index (χ0n) is 13.6. The van der Waals surface area contributed by atoms with Crippen LogP contribution in [0.2, 0.25) is 0 Å². The molecule has 3 rings (SSSR count). The lowest BCUT2D eigenvalue weighted by Crippen LogP contribution is -2.23. The van der Waals surface area contributed by atoms with E-state index in [9.17, 15) is 4.79 Å². The van der Waals surface area contributed by atoms with Gasteiger partial charge in [0.05, 0.1) is 0 Å². The summed E-state index contributed by atoms with van der Waals surface area (Å²) in [7, 11) is 4.00. The fourth-order valence-electron chi connectivity index (χ4n) is 2.40. The smallest absolute Gasteiger partial charge is 0.271 e. The number of hydrogen-bond acceptors (Lipinski definition) is 3. The number of benzene rings is 1. The maximum Gasteiger partial charge on any atom is 0.271 e. The Balaban J connectivity index is 1.68. The average Bonchev–Trinajstić information content (AvgIpc) is 2.96. The summed E-state index contributed by atoms with van der Waals surface area (Å²) in [6.45, 7) is 2.50. The molecule has 0 radical (unpaired) electrons. The molecule has 1 aromatic carbocycles. The van der Waals surface area contributed by atoms with E-state index in [1.54, 1.807) is 6.20 Å². The number of carbonyl (C=O) groups is 1. The van der Waals surface area contributed by atoms with E-state index in [2.05, 4.69) is 10.3 Å². The number of fused-ring (bicyclic) bond motifs is 1. The van der Waals surface area contributed by atoms with Crippen LogP contribution in [0.15, 0.2) is 48.8 Å². The third-order valence-corrected chi connectivity index (χ3v) is 3.74. The summed E-state index contributed by atoms with van der Waals surface area (Å²) in [5, 5.41) is 2.91. The quantitative estimate of drug-likeness (QED) is 0.806. The summed E-state index contributed by atoms with van der Waals surface area (Å²) in [4.78, 5) is 18.6. The maximum atomic E-state index is 12.3. The number of carbonyl (C=O) groups excluding carboxylic acids is 1. The molecular formula is C18H20N4O. The van der Waals surface area contributed by atoms with Crippen LogP contribution in [0.4, 0.5) is 5.69 Å². The Bertz CT molecular complexity index is 834. The van der Waals surface area contributed by atoms with Crippen molar-refractivity contribution in [1.29, 1.82) is 0 Å². The molecule has 0 aliphatic rings. The van der Waals surface area contributed by atoms with Crippen molar-refractivity contribution in [2.24, 2.45) is 0 Å². The lowest BCUT2D eigenvalue weighted by Gasteiger charge is -2.12. The zero-order valence-corrected chi connectivity index (χ0v) is 13.6. The van der Waals surface area contributed by atoms with Gasteiger partial charge in [-0.05, 0) is 36.2 Å². The van der Waals surface area contributed by atoms with E-state index in [1.165, 1.54) is 0 Å². The highest BCUT2D eigenvalue weighted by molar-refractivity contribution is 5.92. The maximum absolute atomic E-state index is 12.3. The minimum absolute atomic E-state index is 0.164. The number of aromatic nitrogens is 2. The van der Waals surface area contributed by atoms with Crippen LogP contribution in [0.25, 0.3) is 5.65 Å². The van der Waals surface area contributed by atoms with Gasteiger partial charge in [-0.25, -0.2) is 4.98 Å². The number of aryl methyl sites for hydroxylation is 1. The zero-order chi connectivity index (χ0) is 16.4. The molecule has 2 heterocycles. The van der Waals surface area contributed by atoms with Crippen molar-refractivity contribution in [2.45, 2.75) is 13.5 Å². The molecule has 0 aliphatic heterocycles. The highest BCUT2D eigenvalue weighted by Gasteiger charge is 2.10. The van der Waals surface area contributed by atoms with Gasteiger partial charge < -0.3 is 14.6 Å². The Morgan fingerprint density at radius 3 is 2.57 bits per heavy atom. The van der Waals surface area contributed by atoms with E-state index < -0.39 is 0 Å². The molecule has 0 fully saturated rings. The molecule has 5 heteroatoms. The second kappa shape index (κ2) is 6.12. The van der Waals surface area contributed by atoms with Gasteiger partial charge in [0, 0.05) is 38.7 Å². The van der Waals surface area contributed by atoms with Gasteiger partial charge in [-0.1, -0.05) is 18.2 Å². The summed E-state index contributed by atoms with van der Waals surface area (Å²) in [6, 6.07) is 12.0. The van der Waals surface area contributed by atoms with E-state index in [-0.39, 0.29) is 5.91 Å². The normalized spacial score (nSPS) is 10.7. The molecule has 0 aliphatic carbocycles. The van der Waals surface area contributed by atoms with Crippen molar-refractivity contribution in [3.63, 3.8) is 0 Å². The van der Waals surface area contributed by atoms with Gasteiger partial charge >= 0.3 is 0 Å². The van der Waals surface area contributed by atoms with Crippen LogP contribution in [0, 0.1) is 6.92 Å². The lowest BCUT2D eigenvalue weighted by atomic mass is 10.2. The molecule has 0 spiro atoms. The Morgan fingerprint density at radius 1 is 1.13 bits per heavy atom. The van der Waals surface area contributed by atoms with Crippen molar-refractivity contribution >= 4 is 17.2 Å². The van der Waals surface area contributed by atoms with Gasteiger partial charge in [0.15, 0.2) is 0 Å². The number of anilines is 1. The van der Waals surface area contributed by atoms with Crippen molar-refractivity contribution < 1.29 is 4.79 Å². The lowest BCUT2D eigenvalue weighted by molar-refractivity contribution is 0.0946. The highest BCUT2D eigenvalue weighted by atomic mass is 16.1. The first kappa shape index (κ1) is 15.1. The van der Waals surface area contributed by atoms with Gasteiger partial charge in [-0.2, -0.15) is 0 Å². The van der Waals surface area contributed by atoms with Crippen LogP contribution in [-0.2, 0) is 6.54 Å². The standard InChI is InChI=1S/C18H20N4O/c1-13-4-9-17-20-16(12-22(17)11-13)18(23)19-10-14-5-7-15(8-6-14)21(2)3/h4-9,11-12H,10H2,1-3H3,(H,19,23). The molecule has 1 amide bonds. The van der Waals surface area contributed by atoms with Crippen LogP contribution in [-0.4, -0.2) is 29.4 Å². The number of amides is 1. The third kappa shape index (κ3) is 3.34. The first-order valence-electron chi connectivity index (χ1n) is 7.53. The summed E-state index contributed by atoms with van der Waals surface area (Å²) in [5.74, 6) is -0.164. The Kier molecular flexibility index (Phi) is 4.02. The van der Waals surface area contributed by atoms with E-state index >= 15 is 0 Å². The predicted molar refractivity (Wildman–Crippen MR) is 91.9 cm³/mol. The number of imidazole rings is 1. The number of rotatable bonds is 4. The highest BCUT2D eigenvalue weighted by Crippen LogP contribution is 2.12. The molecule has 0 unspecified atom stereocenters. The largest absolute Gasteiger partial charge is 0.378 e. The summed E-state index contributed by atoms with van der Waals surface area (Å²) < 4.78 is 1.87. The van der Waals surface area contributed by atoms with Crippen LogP contribution in [0.5, 0.6) is 0 Å². The van der Waals surface area contributed by atoms with Gasteiger partial charge in [-0.15, -0.1) is 0 Å². The van der Waals surface area contributed by atoms with Gasteiger partial charge in [0.2, 0.25) is 0 Å². The number of pyridine rings is 1. The van der Waals surface area contributed by atoms with Crippen LogP contribution in [0.1, 0.15) is 21.6 Å². The fourth-order valence-corrected chi connectivity index (χ4v) is 2.40. The number of nitrogens with one attached hydrogen (secondary N) is 1. The van der Waals surface area contributed by atoms with Gasteiger partial charge in [0.1, 0.15) is 11.3 Å². The fraction of sp³-hybridized carbons (Fsp3) is 0.222. The van der Waals surface area contributed by atoms with Crippen molar-refractivity contribution in [3.8, 4) is 0 Å². The van der Waals surface area contributed by atoms with Crippen LogP contribution in [0.3, 0.4) is 0 Å². The Labute approximate surface area is 135 Å². The van der Waals surface area contributed by atoms with Crippen molar-refractivity contribution in [3.05, 3.63) is 65.6 Å². The van der Waals surface area contributed by atoms with E-state index in [1.807, 2.05) is 72.9 Å². The van der Waals surface area contributed by atoms with Crippen molar-refractivity contribution in [2.75, 3.05) is 19.0 Å².